The summed E-state index contributed by atoms with van der Waals surface area (Å²) < 4.78 is 13.2. The summed E-state index contributed by atoms with van der Waals surface area (Å²) in [6.45, 7) is 2.86. The number of nitrogens with zero attached hydrogens (tertiary/aromatic N) is 2. The highest BCUT2D eigenvalue weighted by Crippen LogP contribution is 2.20. The highest BCUT2D eigenvalue weighted by Gasteiger charge is 2.13. The summed E-state index contributed by atoms with van der Waals surface area (Å²) in [7, 11) is 0. The molecule has 1 N–H and O–H groups in total. The smallest absolute Gasteiger partial charge is 0.292 e. The van der Waals surface area contributed by atoms with Crippen molar-refractivity contribution in [2.45, 2.75) is 20.1 Å². The van der Waals surface area contributed by atoms with Gasteiger partial charge in [-0.25, -0.2) is 0 Å². The average molecular weight is 437 g/mol. The molecule has 5 aromatic rings. The van der Waals surface area contributed by atoms with Gasteiger partial charge in [0.2, 0.25) is 0 Å². The molecule has 6 nitrogen and oxygen atoms in total. The standard InChI is InChI=1S/C27H23N3O3/c1-19-6-4-10-22(16-19)32-18-23-12-13-25(33-23)27(31)28-26-14-15-30(29-26)17-21-9-5-8-20-7-2-3-11-24(20)21/h2-16H,17-18H2,1H3,(H,28,29,31). The predicted octanol–water partition coefficient (Wildman–Crippen LogP) is 5.82. The molecule has 1 amide bonds. The van der Waals surface area contributed by atoms with Crippen molar-refractivity contribution in [1.82, 2.24) is 9.78 Å². The zero-order valence-electron chi connectivity index (χ0n) is 18.2. The van der Waals surface area contributed by atoms with Crippen LogP contribution in [0, 0.1) is 6.92 Å². The summed E-state index contributed by atoms with van der Waals surface area (Å²) >= 11 is 0. The zero-order valence-corrected chi connectivity index (χ0v) is 18.2. The number of fused-ring (bicyclic) bond motifs is 1. The molecule has 0 spiro atoms. The van der Waals surface area contributed by atoms with Gasteiger partial charge < -0.3 is 14.5 Å². The first-order valence-corrected chi connectivity index (χ1v) is 10.7. The van der Waals surface area contributed by atoms with Crippen LogP contribution in [0.4, 0.5) is 5.82 Å². The van der Waals surface area contributed by atoms with Gasteiger partial charge in [0.15, 0.2) is 11.6 Å². The molecule has 164 valence electrons. The Kier molecular flexibility index (Phi) is 5.64. The number of aromatic nitrogens is 2. The molecule has 3 aromatic carbocycles. The minimum atomic E-state index is -0.354. The molecule has 0 bridgehead atoms. The van der Waals surface area contributed by atoms with Crippen molar-refractivity contribution in [3.63, 3.8) is 0 Å². The van der Waals surface area contributed by atoms with Crippen LogP contribution in [0.25, 0.3) is 10.8 Å². The van der Waals surface area contributed by atoms with E-state index in [9.17, 15) is 4.79 Å². The van der Waals surface area contributed by atoms with Gasteiger partial charge in [-0.15, -0.1) is 0 Å². The number of hydrogen-bond acceptors (Lipinski definition) is 4. The summed E-state index contributed by atoms with van der Waals surface area (Å²) in [5.41, 5.74) is 2.28. The summed E-state index contributed by atoms with van der Waals surface area (Å²) in [6.07, 6.45) is 1.85. The molecule has 0 radical (unpaired) electrons. The van der Waals surface area contributed by atoms with E-state index in [0.717, 1.165) is 11.3 Å². The van der Waals surface area contributed by atoms with Crippen LogP contribution in [-0.2, 0) is 13.2 Å². The van der Waals surface area contributed by atoms with E-state index in [1.807, 2.05) is 55.6 Å². The van der Waals surface area contributed by atoms with Crippen LogP contribution in [0.15, 0.2) is 95.5 Å². The van der Waals surface area contributed by atoms with Gasteiger partial charge in [0.05, 0.1) is 6.54 Å². The number of hydrogen-bond donors (Lipinski definition) is 1. The highest BCUT2D eigenvalue weighted by molar-refractivity contribution is 6.01. The van der Waals surface area contributed by atoms with Gasteiger partial charge in [-0.3, -0.25) is 9.48 Å². The van der Waals surface area contributed by atoms with Crippen molar-refractivity contribution in [2.24, 2.45) is 0 Å². The second-order valence-electron chi connectivity index (χ2n) is 7.86. The Hall–Kier alpha value is -4.32. The molecule has 6 heteroatoms. The maximum atomic E-state index is 12.6. The van der Waals surface area contributed by atoms with Crippen LogP contribution >= 0.6 is 0 Å². The third kappa shape index (κ3) is 4.80. The number of furan rings is 1. The fraction of sp³-hybridized carbons (Fsp3) is 0.111. The van der Waals surface area contributed by atoms with E-state index in [1.54, 1.807) is 22.9 Å². The van der Waals surface area contributed by atoms with Gasteiger partial charge in [-0.05, 0) is 53.1 Å². The van der Waals surface area contributed by atoms with E-state index in [0.29, 0.717) is 18.1 Å². The first kappa shape index (κ1) is 20.6. The Balaban J connectivity index is 1.21. The molecule has 2 heterocycles. The van der Waals surface area contributed by atoms with E-state index in [-0.39, 0.29) is 18.3 Å². The molecule has 0 atom stereocenters. The molecule has 0 saturated heterocycles. The summed E-state index contributed by atoms with van der Waals surface area (Å²) in [6, 6.07) is 27.4. The van der Waals surface area contributed by atoms with Crippen LogP contribution in [0.1, 0.15) is 27.4 Å². The number of anilines is 1. The summed E-state index contributed by atoms with van der Waals surface area (Å²) in [5.74, 6) is 1.65. The van der Waals surface area contributed by atoms with Crippen LogP contribution in [0.5, 0.6) is 5.75 Å². The maximum absolute atomic E-state index is 12.6. The van der Waals surface area contributed by atoms with E-state index < -0.39 is 0 Å². The Morgan fingerprint density at radius 3 is 2.76 bits per heavy atom. The molecule has 5 rings (SSSR count). The van der Waals surface area contributed by atoms with Crippen molar-refractivity contribution in [2.75, 3.05) is 5.32 Å². The number of amides is 1. The number of benzene rings is 3. The molecule has 0 saturated carbocycles. The monoisotopic (exact) mass is 437 g/mol. The minimum Gasteiger partial charge on any atom is -0.486 e. The summed E-state index contributed by atoms with van der Waals surface area (Å²) in [4.78, 5) is 12.6. The Morgan fingerprint density at radius 1 is 1.00 bits per heavy atom. The van der Waals surface area contributed by atoms with E-state index in [1.165, 1.54) is 16.3 Å². The quantitative estimate of drug-likeness (QED) is 0.348. The van der Waals surface area contributed by atoms with Gasteiger partial charge in [0, 0.05) is 12.3 Å². The molecule has 0 aliphatic carbocycles. The molecule has 2 aromatic heterocycles. The number of aryl methyl sites for hydroxylation is 1. The van der Waals surface area contributed by atoms with Gasteiger partial charge in [-0.1, -0.05) is 54.6 Å². The van der Waals surface area contributed by atoms with Gasteiger partial charge >= 0.3 is 0 Å². The Labute approximate surface area is 191 Å². The fourth-order valence-corrected chi connectivity index (χ4v) is 3.74. The number of carbonyl (C=O) groups excluding carboxylic acids is 1. The first-order chi connectivity index (χ1) is 16.1. The van der Waals surface area contributed by atoms with Crippen LogP contribution in [0.3, 0.4) is 0 Å². The van der Waals surface area contributed by atoms with Crippen molar-refractivity contribution in [3.05, 3.63) is 114 Å². The topological polar surface area (TPSA) is 69.3 Å². The summed E-state index contributed by atoms with van der Waals surface area (Å²) in [5, 5.41) is 9.66. The molecular formula is C27H23N3O3. The SMILES string of the molecule is Cc1cccc(OCc2ccc(C(=O)Nc3ccn(Cc4cccc5ccccc45)n3)o2)c1. The molecular weight excluding hydrogens is 414 g/mol. The van der Waals surface area contributed by atoms with Gasteiger partial charge in [-0.2, -0.15) is 5.10 Å². The highest BCUT2D eigenvalue weighted by atomic mass is 16.5. The molecule has 0 aliphatic heterocycles. The molecule has 0 aliphatic rings. The Morgan fingerprint density at radius 2 is 1.85 bits per heavy atom. The third-order valence-electron chi connectivity index (χ3n) is 5.35. The lowest BCUT2D eigenvalue weighted by Crippen LogP contribution is -2.12. The third-order valence-corrected chi connectivity index (χ3v) is 5.35. The van der Waals surface area contributed by atoms with Crippen LogP contribution in [-0.4, -0.2) is 15.7 Å². The maximum Gasteiger partial charge on any atom is 0.292 e. The first-order valence-electron chi connectivity index (χ1n) is 10.7. The lowest BCUT2D eigenvalue weighted by atomic mass is 10.0. The molecule has 0 unspecified atom stereocenters. The zero-order chi connectivity index (χ0) is 22.6. The largest absolute Gasteiger partial charge is 0.486 e. The number of ether oxygens (including phenoxy) is 1. The number of nitrogens with one attached hydrogen (secondary N) is 1. The normalized spacial score (nSPS) is 10.9. The van der Waals surface area contributed by atoms with E-state index >= 15 is 0 Å². The van der Waals surface area contributed by atoms with Crippen molar-refractivity contribution >= 4 is 22.5 Å². The molecule has 0 fully saturated rings. The van der Waals surface area contributed by atoms with Crippen LogP contribution < -0.4 is 10.1 Å². The second-order valence-corrected chi connectivity index (χ2v) is 7.86. The lowest BCUT2D eigenvalue weighted by molar-refractivity contribution is 0.0992. The fourth-order valence-electron chi connectivity index (χ4n) is 3.74. The van der Waals surface area contributed by atoms with E-state index in [4.69, 9.17) is 9.15 Å². The second kappa shape index (κ2) is 9.04. The number of carbonyl (C=O) groups is 1. The lowest BCUT2D eigenvalue weighted by Gasteiger charge is -2.07. The van der Waals surface area contributed by atoms with Crippen molar-refractivity contribution in [1.29, 1.82) is 0 Å². The Bertz CT molecular complexity index is 1410. The predicted molar refractivity (Wildman–Crippen MR) is 127 cm³/mol. The molecule has 33 heavy (non-hydrogen) atoms. The average Bonchev–Trinajstić information content (AvgIpc) is 3.48. The van der Waals surface area contributed by atoms with Crippen molar-refractivity contribution in [3.8, 4) is 5.75 Å². The van der Waals surface area contributed by atoms with Crippen molar-refractivity contribution < 1.29 is 13.9 Å². The minimum absolute atomic E-state index is 0.210. The van der Waals surface area contributed by atoms with Gasteiger partial charge in [0.1, 0.15) is 18.1 Å². The van der Waals surface area contributed by atoms with Crippen LogP contribution in [0.2, 0.25) is 0 Å². The number of rotatable bonds is 7. The van der Waals surface area contributed by atoms with E-state index in [2.05, 4.69) is 34.7 Å². The van der Waals surface area contributed by atoms with Gasteiger partial charge in [0.25, 0.3) is 5.91 Å².